The smallest absolute Gasteiger partial charge is 0.257 e. The van der Waals surface area contributed by atoms with Crippen LogP contribution in [0, 0.1) is 5.92 Å². The Labute approximate surface area is 123 Å². The minimum atomic E-state index is -2.44. The molecule has 1 saturated heterocycles. The number of amides is 1. The summed E-state index contributed by atoms with van der Waals surface area (Å²) in [6.45, 7) is 5.12. The van der Waals surface area contributed by atoms with E-state index in [2.05, 4.69) is 17.3 Å². The zero-order valence-corrected chi connectivity index (χ0v) is 12.4. The average molecular weight is 300 g/mol. The van der Waals surface area contributed by atoms with Gasteiger partial charge in [0.2, 0.25) is 5.91 Å². The highest BCUT2D eigenvalue weighted by molar-refractivity contribution is 5.84. The SMILES string of the molecule is CC1CCN(C(=O)C(C)Nc2cnn(CC(F)F)c2)CC1. The first kappa shape index (κ1) is 15.7. The Bertz CT molecular complexity index is 469. The number of nitrogens with one attached hydrogen (secondary N) is 1. The maximum absolute atomic E-state index is 12.3. The molecule has 0 aliphatic carbocycles. The number of hydrogen-bond donors (Lipinski definition) is 1. The third-order valence-electron chi connectivity index (χ3n) is 3.81. The standard InChI is InChI=1S/C14H22F2N4O/c1-10-3-5-19(6-4-10)14(21)11(2)18-12-7-17-20(8-12)9-13(15)16/h7-8,10-11,13,18H,3-6,9H2,1-2H3. The number of anilines is 1. The van der Waals surface area contributed by atoms with Crippen LogP contribution < -0.4 is 5.32 Å². The van der Waals surface area contributed by atoms with Crippen LogP contribution >= 0.6 is 0 Å². The number of halogens is 2. The van der Waals surface area contributed by atoms with E-state index >= 15 is 0 Å². The zero-order chi connectivity index (χ0) is 15.4. The number of aromatic nitrogens is 2. The van der Waals surface area contributed by atoms with Crippen LogP contribution in [0.15, 0.2) is 12.4 Å². The fourth-order valence-electron chi connectivity index (χ4n) is 2.49. The summed E-state index contributed by atoms with van der Waals surface area (Å²) in [5.74, 6) is 0.716. The van der Waals surface area contributed by atoms with E-state index in [1.807, 2.05) is 4.90 Å². The van der Waals surface area contributed by atoms with E-state index in [9.17, 15) is 13.6 Å². The van der Waals surface area contributed by atoms with Crippen molar-refractivity contribution in [2.75, 3.05) is 18.4 Å². The van der Waals surface area contributed by atoms with E-state index in [1.54, 1.807) is 6.92 Å². The van der Waals surface area contributed by atoms with Crippen LogP contribution in [0.2, 0.25) is 0 Å². The summed E-state index contributed by atoms with van der Waals surface area (Å²) in [5, 5.41) is 6.86. The average Bonchev–Trinajstić information content (AvgIpc) is 2.85. The number of piperidine rings is 1. The molecule has 0 spiro atoms. The molecule has 1 unspecified atom stereocenters. The maximum atomic E-state index is 12.3. The van der Waals surface area contributed by atoms with Crippen molar-refractivity contribution >= 4 is 11.6 Å². The highest BCUT2D eigenvalue weighted by Gasteiger charge is 2.24. The number of nitrogens with zero attached hydrogens (tertiary/aromatic N) is 3. The molecule has 0 bridgehead atoms. The normalized spacial score (nSPS) is 18.0. The Kier molecular flexibility index (Phi) is 5.14. The largest absolute Gasteiger partial charge is 0.371 e. The molecule has 2 rings (SSSR count). The third kappa shape index (κ3) is 4.41. The number of likely N-dealkylation sites (tertiary alicyclic amines) is 1. The van der Waals surface area contributed by atoms with Gasteiger partial charge in [-0.3, -0.25) is 9.48 Å². The van der Waals surface area contributed by atoms with Gasteiger partial charge in [-0.1, -0.05) is 6.92 Å². The number of alkyl halides is 2. The minimum absolute atomic E-state index is 0.0449. The summed E-state index contributed by atoms with van der Waals surface area (Å²) >= 11 is 0. The predicted molar refractivity (Wildman–Crippen MR) is 76.3 cm³/mol. The van der Waals surface area contributed by atoms with Crippen LogP contribution in [-0.4, -0.2) is 46.1 Å². The molecule has 0 saturated carbocycles. The van der Waals surface area contributed by atoms with Crippen molar-refractivity contribution in [1.82, 2.24) is 14.7 Å². The molecule has 1 aromatic rings. The molecule has 7 heteroatoms. The molecule has 0 aromatic carbocycles. The van der Waals surface area contributed by atoms with E-state index in [0.29, 0.717) is 11.6 Å². The lowest BCUT2D eigenvalue weighted by molar-refractivity contribution is -0.132. The van der Waals surface area contributed by atoms with Gasteiger partial charge in [-0.15, -0.1) is 0 Å². The van der Waals surface area contributed by atoms with E-state index in [-0.39, 0.29) is 11.9 Å². The van der Waals surface area contributed by atoms with Gasteiger partial charge < -0.3 is 10.2 Å². The highest BCUT2D eigenvalue weighted by atomic mass is 19.3. The van der Waals surface area contributed by atoms with Gasteiger partial charge in [0.25, 0.3) is 6.43 Å². The second-order valence-corrected chi connectivity index (χ2v) is 5.72. The molecular weight excluding hydrogens is 278 g/mol. The van der Waals surface area contributed by atoms with Gasteiger partial charge in [0.05, 0.1) is 11.9 Å². The first-order chi connectivity index (χ1) is 9.95. The highest BCUT2D eigenvalue weighted by Crippen LogP contribution is 2.17. The molecule has 1 aliphatic rings. The lowest BCUT2D eigenvalue weighted by atomic mass is 9.99. The molecule has 1 N–H and O–H groups in total. The second-order valence-electron chi connectivity index (χ2n) is 5.72. The van der Waals surface area contributed by atoms with Gasteiger partial charge in [0.1, 0.15) is 12.6 Å². The monoisotopic (exact) mass is 300 g/mol. The molecule has 1 fully saturated rings. The Morgan fingerprint density at radius 2 is 2.14 bits per heavy atom. The number of carbonyl (C=O) groups is 1. The molecule has 1 aromatic heterocycles. The number of carbonyl (C=O) groups excluding carboxylic acids is 1. The molecular formula is C14H22F2N4O. The Morgan fingerprint density at radius 1 is 1.48 bits per heavy atom. The number of rotatable bonds is 5. The van der Waals surface area contributed by atoms with Gasteiger partial charge in [0.15, 0.2) is 0 Å². The molecule has 1 atom stereocenters. The van der Waals surface area contributed by atoms with Gasteiger partial charge in [-0.05, 0) is 25.7 Å². The quantitative estimate of drug-likeness (QED) is 0.907. The topological polar surface area (TPSA) is 50.2 Å². The fraction of sp³-hybridized carbons (Fsp3) is 0.714. The maximum Gasteiger partial charge on any atom is 0.257 e. The van der Waals surface area contributed by atoms with E-state index in [4.69, 9.17) is 0 Å². The van der Waals surface area contributed by atoms with Crippen LogP contribution in [0.25, 0.3) is 0 Å². The molecule has 5 nitrogen and oxygen atoms in total. The van der Waals surface area contributed by atoms with Gasteiger partial charge in [0, 0.05) is 19.3 Å². The van der Waals surface area contributed by atoms with Crippen LogP contribution in [0.3, 0.4) is 0 Å². The minimum Gasteiger partial charge on any atom is -0.371 e. The molecule has 118 valence electrons. The Hall–Kier alpha value is -1.66. The first-order valence-corrected chi connectivity index (χ1v) is 7.31. The summed E-state index contributed by atoms with van der Waals surface area (Å²) in [5.41, 5.74) is 0.585. The summed E-state index contributed by atoms with van der Waals surface area (Å²) in [6.07, 6.45) is 2.58. The zero-order valence-electron chi connectivity index (χ0n) is 12.4. The van der Waals surface area contributed by atoms with Gasteiger partial charge in [-0.25, -0.2) is 8.78 Å². The van der Waals surface area contributed by atoms with Crippen LogP contribution in [0.5, 0.6) is 0 Å². The van der Waals surface area contributed by atoms with Crippen molar-refractivity contribution < 1.29 is 13.6 Å². The third-order valence-corrected chi connectivity index (χ3v) is 3.81. The van der Waals surface area contributed by atoms with Gasteiger partial charge in [-0.2, -0.15) is 5.10 Å². The summed E-state index contributed by atoms with van der Waals surface area (Å²) in [7, 11) is 0. The van der Waals surface area contributed by atoms with E-state index < -0.39 is 13.0 Å². The lowest BCUT2D eigenvalue weighted by Crippen LogP contribution is -2.45. The summed E-state index contributed by atoms with van der Waals surface area (Å²) in [6, 6.07) is -0.386. The summed E-state index contributed by atoms with van der Waals surface area (Å²) in [4.78, 5) is 14.2. The van der Waals surface area contributed by atoms with Crippen molar-refractivity contribution in [3.8, 4) is 0 Å². The first-order valence-electron chi connectivity index (χ1n) is 7.31. The van der Waals surface area contributed by atoms with Crippen LogP contribution in [-0.2, 0) is 11.3 Å². The molecule has 1 aliphatic heterocycles. The molecule has 0 radical (unpaired) electrons. The molecule has 1 amide bonds. The molecule has 21 heavy (non-hydrogen) atoms. The fourth-order valence-corrected chi connectivity index (χ4v) is 2.49. The second kappa shape index (κ2) is 6.87. The van der Waals surface area contributed by atoms with Crippen LogP contribution in [0.1, 0.15) is 26.7 Å². The van der Waals surface area contributed by atoms with E-state index in [0.717, 1.165) is 25.9 Å². The Balaban J connectivity index is 1.87. The molecule has 2 heterocycles. The van der Waals surface area contributed by atoms with Crippen molar-refractivity contribution in [2.45, 2.75) is 45.7 Å². The van der Waals surface area contributed by atoms with Crippen molar-refractivity contribution in [3.05, 3.63) is 12.4 Å². The summed E-state index contributed by atoms with van der Waals surface area (Å²) < 4.78 is 25.7. The van der Waals surface area contributed by atoms with Crippen molar-refractivity contribution in [1.29, 1.82) is 0 Å². The van der Waals surface area contributed by atoms with Crippen molar-refractivity contribution in [2.24, 2.45) is 5.92 Å². The number of hydrogen-bond acceptors (Lipinski definition) is 3. The lowest BCUT2D eigenvalue weighted by Gasteiger charge is -2.32. The van der Waals surface area contributed by atoms with E-state index in [1.165, 1.54) is 17.1 Å². The predicted octanol–water partition coefficient (Wildman–Crippen LogP) is 2.21. The Morgan fingerprint density at radius 3 is 2.76 bits per heavy atom. The van der Waals surface area contributed by atoms with Crippen LogP contribution in [0.4, 0.5) is 14.5 Å². The van der Waals surface area contributed by atoms with Crippen molar-refractivity contribution in [3.63, 3.8) is 0 Å². The van der Waals surface area contributed by atoms with Gasteiger partial charge >= 0.3 is 0 Å².